The summed E-state index contributed by atoms with van der Waals surface area (Å²) < 4.78 is 4.94. The number of hydrogen-bond acceptors (Lipinski definition) is 1. The van der Waals surface area contributed by atoms with E-state index in [4.69, 9.17) is 4.74 Å². The van der Waals surface area contributed by atoms with Crippen molar-refractivity contribution in [3.63, 3.8) is 0 Å². The minimum atomic E-state index is 0. The Hall–Kier alpha value is 1.21. The molecular formula is C5H13BrMgO. The molecule has 1 fully saturated rings. The van der Waals surface area contributed by atoms with E-state index in [1.54, 1.807) is 0 Å². The molecule has 8 heavy (non-hydrogen) atoms. The fourth-order valence-electron chi connectivity index (χ4n) is 0.510. The van der Waals surface area contributed by atoms with Crippen molar-refractivity contribution in [2.75, 3.05) is 19.0 Å². The maximum atomic E-state index is 4.94. The van der Waals surface area contributed by atoms with E-state index in [2.05, 4.69) is 15.9 Å². The highest BCUT2D eigenvalue weighted by atomic mass is 79.9. The van der Waals surface area contributed by atoms with Crippen LogP contribution in [0, 0.1) is 0 Å². The lowest BCUT2D eigenvalue weighted by Gasteiger charge is -1.76. The second-order valence-electron chi connectivity index (χ2n) is 1.32. The third-order valence-electron chi connectivity index (χ3n) is 0.827. The molecule has 3 heteroatoms. The lowest BCUT2D eigenvalue weighted by molar-refractivity contribution is 0.198. The summed E-state index contributed by atoms with van der Waals surface area (Å²) >= 11 is 2.94. The largest absolute Gasteiger partial charge is 0.381 e. The molecule has 0 aliphatic carbocycles. The number of hydrogen-bond donors (Lipinski definition) is 0. The van der Waals surface area contributed by atoms with Crippen LogP contribution in [0.5, 0.6) is 0 Å². The number of ether oxygens (including phenoxy) is 1. The third-order valence-corrected chi connectivity index (χ3v) is 0.827. The molecule has 0 saturated carbocycles. The van der Waals surface area contributed by atoms with Gasteiger partial charge in [0, 0.05) is 13.2 Å². The minimum absolute atomic E-state index is 0. The van der Waals surface area contributed by atoms with Crippen molar-refractivity contribution in [3.8, 4) is 0 Å². The highest BCUT2D eigenvalue weighted by Gasteiger charge is 1.94. The van der Waals surface area contributed by atoms with Crippen LogP contribution in [0.4, 0.5) is 0 Å². The number of alkyl halides is 1. The summed E-state index contributed by atoms with van der Waals surface area (Å²) in [5.74, 6) is 1.81. The normalized spacial score (nSPS) is 15.8. The molecule has 0 bridgehead atoms. The van der Waals surface area contributed by atoms with Crippen LogP contribution in [0.1, 0.15) is 12.8 Å². The van der Waals surface area contributed by atoms with Crippen LogP contribution in [0.25, 0.3) is 0 Å². The van der Waals surface area contributed by atoms with Crippen molar-refractivity contribution in [2.24, 2.45) is 0 Å². The fourth-order valence-corrected chi connectivity index (χ4v) is 0.510. The van der Waals surface area contributed by atoms with Crippen molar-refractivity contribution in [3.05, 3.63) is 0 Å². The van der Waals surface area contributed by atoms with Crippen LogP contribution >= 0.6 is 15.9 Å². The zero-order valence-corrected chi connectivity index (χ0v) is 6.20. The molecule has 48 valence electrons. The topological polar surface area (TPSA) is 9.23 Å². The summed E-state index contributed by atoms with van der Waals surface area (Å²) in [7, 11) is 0. The van der Waals surface area contributed by atoms with Crippen LogP contribution in [0.2, 0.25) is 0 Å². The molecule has 0 aromatic rings. The fraction of sp³-hybridized carbons (Fsp3) is 1.00. The molecule has 1 aliphatic heterocycles. The summed E-state index contributed by atoms with van der Waals surface area (Å²) in [5.41, 5.74) is 0. The summed E-state index contributed by atoms with van der Waals surface area (Å²) in [6.07, 6.45) is 2.56. The van der Waals surface area contributed by atoms with Gasteiger partial charge in [0.2, 0.25) is 0 Å². The summed E-state index contributed by atoms with van der Waals surface area (Å²) in [6, 6.07) is 0. The van der Waals surface area contributed by atoms with Crippen LogP contribution < -0.4 is 0 Å². The van der Waals surface area contributed by atoms with Gasteiger partial charge in [-0.05, 0) is 18.7 Å². The molecule has 0 N–H and O–H groups in total. The average molecular weight is 193 g/mol. The Morgan fingerprint density at radius 3 is 1.62 bits per heavy atom. The molecule has 1 heterocycles. The number of rotatable bonds is 0. The summed E-state index contributed by atoms with van der Waals surface area (Å²) in [5, 5.41) is 0. The van der Waals surface area contributed by atoms with E-state index in [9.17, 15) is 0 Å². The van der Waals surface area contributed by atoms with Crippen LogP contribution in [0.15, 0.2) is 0 Å². The van der Waals surface area contributed by atoms with Gasteiger partial charge >= 0.3 is 23.1 Å². The SMILES string of the molecule is C1CCOC1.CBr.[MgH2]. The van der Waals surface area contributed by atoms with Gasteiger partial charge in [0.1, 0.15) is 0 Å². The number of halogens is 1. The average Bonchev–Trinajstić information content (AvgIpc) is 2.23. The Labute approximate surface area is 75.5 Å². The van der Waals surface area contributed by atoms with Gasteiger partial charge in [0.15, 0.2) is 0 Å². The van der Waals surface area contributed by atoms with E-state index in [-0.39, 0.29) is 23.1 Å². The first-order valence-electron chi connectivity index (χ1n) is 2.46. The van der Waals surface area contributed by atoms with E-state index < -0.39 is 0 Å². The molecule has 0 radical (unpaired) electrons. The lowest BCUT2D eigenvalue weighted by Crippen LogP contribution is -1.74. The van der Waals surface area contributed by atoms with E-state index in [1.165, 1.54) is 12.8 Å². The molecule has 1 rings (SSSR count). The Bertz CT molecular complexity index is 24.0. The van der Waals surface area contributed by atoms with Gasteiger partial charge < -0.3 is 4.74 Å². The van der Waals surface area contributed by atoms with Gasteiger partial charge in [-0.3, -0.25) is 0 Å². The molecule has 0 amide bonds. The van der Waals surface area contributed by atoms with Gasteiger partial charge in [-0.15, -0.1) is 0 Å². The summed E-state index contributed by atoms with van der Waals surface area (Å²) in [4.78, 5) is 0. The maximum Gasteiger partial charge on any atom is 0.316 e. The van der Waals surface area contributed by atoms with Gasteiger partial charge in [0.25, 0.3) is 0 Å². The molecule has 0 unspecified atom stereocenters. The van der Waals surface area contributed by atoms with Crippen molar-refractivity contribution in [2.45, 2.75) is 12.8 Å². The minimum Gasteiger partial charge on any atom is -0.381 e. The molecule has 0 aromatic heterocycles. The van der Waals surface area contributed by atoms with E-state index in [0.717, 1.165) is 13.2 Å². The van der Waals surface area contributed by atoms with Gasteiger partial charge in [-0.2, -0.15) is 0 Å². The maximum absolute atomic E-state index is 4.94. The Kier molecular flexibility index (Phi) is 16.5. The van der Waals surface area contributed by atoms with Crippen molar-refractivity contribution in [1.82, 2.24) is 0 Å². The molecule has 1 nitrogen and oxygen atoms in total. The van der Waals surface area contributed by atoms with Gasteiger partial charge in [-0.1, -0.05) is 15.9 Å². The van der Waals surface area contributed by atoms with E-state index in [0.29, 0.717) is 0 Å². The van der Waals surface area contributed by atoms with Crippen molar-refractivity contribution < 1.29 is 4.74 Å². The second-order valence-corrected chi connectivity index (χ2v) is 1.32. The first-order valence-corrected chi connectivity index (χ1v) is 4.04. The molecule has 0 aromatic carbocycles. The van der Waals surface area contributed by atoms with E-state index in [1.807, 2.05) is 5.83 Å². The molecule has 1 aliphatic rings. The first-order chi connectivity index (χ1) is 3.50. The molecule has 0 atom stereocenters. The first kappa shape index (κ1) is 11.9. The Morgan fingerprint density at radius 1 is 1.12 bits per heavy atom. The predicted octanol–water partition coefficient (Wildman–Crippen LogP) is 0.892. The zero-order valence-electron chi connectivity index (χ0n) is 4.61. The molecule has 0 spiro atoms. The Morgan fingerprint density at radius 2 is 1.50 bits per heavy atom. The second kappa shape index (κ2) is 11.1. The standard InChI is InChI=1S/C4H8O.CH3Br.Mg.2H/c1-2-4-5-3-1;1-2;;;/h1-4H2;1H3;;;. The van der Waals surface area contributed by atoms with Crippen LogP contribution in [-0.4, -0.2) is 42.1 Å². The quantitative estimate of drug-likeness (QED) is 0.410. The van der Waals surface area contributed by atoms with Crippen molar-refractivity contribution in [1.29, 1.82) is 0 Å². The van der Waals surface area contributed by atoms with E-state index >= 15 is 0 Å². The van der Waals surface area contributed by atoms with Gasteiger partial charge in [0.05, 0.1) is 0 Å². The smallest absolute Gasteiger partial charge is 0.316 e. The lowest BCUT2D eigenvalue weighted by atomic mass is 10.4. The predicted molar refractivity (Wildman–Crippen MR) is 43.4 cm³/mol. The highest BCUT2D eigenvalue weighted by Crippen LogP contribution is 1.98. The Balaban J connectivity index is 0. The summed E-state index contributed by atoms with van der Waals surface area (Å²) in [6.45, 7) is 2.00. The van der Waals surface area contributed by atoms with Crippen LogP contribution in [-0.2, 0) is 4.74 Å². The third kappa shape index (κ3) is 7.21. The van der Waals surface area contributed by atoms with Crippen molar-refractivity contribution >= 4 is 39.0 Å². The molecular weight excluding hydrogens is 180 g/mol. The highest BCUT2D eigenvalue weighted by molar-refractivity contribution is 9.08. The van der Waals surface area contributed by atoms with Gasteiger partial charge in [-0.25, -0.2) is 0 Å². The zero-order chi connectivity index (χ0) is 5.54. The molecule has 1 saturated heterocycles. The van der Waals surface area contributed by atoms with Crippen LogP contribution in [0.3, 0.4) is 0 Å². The monoisotopic (exact) mass is 192 g/mol.